The van der Waals surface area contributed by atoms with Crippen molar-refractivity contribution in [2.45, 2.75) is 38.8 Å². The van der Waals surface area contributed by atoms with Crippen molar-refractivity contribution in [3.05, 3.63) is 23.8 Å². The highest BCUT2D eigenvalue weighted by Crippen LogP contribution is 2.27. The molecule has 0 aromatic heterocycles. The number of rotatable bonds is 4. The SMILES string of the molecule is Cc1c(N)cccc1NC(=O)C(C)N(C)C1CC1. The number of likely N-dealkylation sites (N-methyl/N-ethyl adjacent to an activating group) is 1. The van der Waals surface area contributed by atoms with Gasteiger partial charge in [-0.25, -0.2) is 0 Å². The molecule has 0 aliphatic heterocycles. The zero-order chi connectivity index (χ0) is 13.3. The molecule has 0 saturated heterocycles. The van der Waals surface area contributed by atoms with Gasteiger partial charge in [0.1, 0.15) is 0 Å². The van der Waals surface area contributed by atoms with E-state index in [1.165, 1.54) is 12.8 Å². The lowest BCUT2D eigenvalue weighted by Gasteiger charge is -2.24. The highest BCUT2D eigenvalue weighted by molar-refractivity contribution is 5.95. The van der Waals surface area contributed by atoms with Crippen LogP contribution >= 0.6 is 0 Å². The number of nitrogens with zero attached hydrogens (tertiary/aromatic N) is 1. The molecular formula is C14H21N3O. The number of hydrogen-bond donors (Lipinski definition) is 2. The van der Waals surface area contributed by atoms with Crippen LogP contribution in [0.5, 0.6) is 0 Å². The fraction of sp³-hybridized carbons (Fsp3) is 0.500. The lowest BCUT2D eigenvalue weighted by molar-refractivity contribution is -0.120. The first-order chi connectivity index (χ1) is 8.50. The molecule has 4 nitrogen and oxygen atoms in total. The molecule has 1 amide bonds. The fourth-order valence-electron chi connectivity index (χ4n) is 2.01. The molecule has 1 atom stereocenters. The monoisotopic (exact) mass is 247 g/mol. The molecule has 4 heteroatoms. The maximum absolute atomic E-state index is 12.2. The Morgan fingerprint density at radius 1 is 1.50 bits per heavy atom. The van der Waals surface area contributed by atoms with Crippen molar-refractivity contribution in [1.82, 2.24) is 4.90 Å². The van der Waals surface area contributed by atoms with Crippen molar-refractivity contribution in [2.75, 3.05) is 18.1 Å². The maximum Gasteiger partial charge on any atom is 0.241 e. The van der Waals surface area contributed by atoms with E-state index in [1.54, 1.807) is 0 Å². The number of nitrogens with one attached hydrogen (secondary N) is 1. The molecule has 1 fully saturated rings. The predicted molar refractivity (Wildman–Crippen MR) is 74.5 cm³/mol. The van der Waals surface area contributed by atoms with Crippen LogP contribution in [0.25, 0.3) is 0 Å². The van der Waals surface area contributed by atoms with Crippen LogP contribution in [-0.2, 0) is 4.79 Å². The Morgan fingerprint density at radius 2 is 2.17 bits per heavy atom. The molecular weight excluding hydrogens is 226 g/mol. The summed E-state index contributed by atoms with van der Waals surface area (Å²) in [4.78, 5) is 14.3. The minimum Gasteiger partial charge on any atom is -0.398 e. The van der Waals surface area contributed by atoms with Crippen LogP contribution in [0.3, 0.4) is 0 Å². The van der Waals surface area contributed by atoms with Gasteiger partial charge < -0.3 is 11.1 Å². The number of carbonyl (C=O) groups excluding carboxylic acids is 1. The van der Waals surface area contributed by atoms with Gasteiger partial charge in [0.25, 0.3) is 0 Å². The average molecular weight is 247 g/mol. The van der Waals surface area contributed by atoms with Crippen LogP contribution in [0.15, 0.2) is 18.2 Å². The van der Waals surface area contributed by atoms with E-state index in [4.69, 9.17) is 5.73 Å². The van der Waals surface area contributed by atoms with Gasteiger partial charge in [-0.05, 0) is 51.4 Å². The normalized spacial score (nSPS) is 16.7. The minimum atomic E-state index is -0.113. The van der Waals surface area contributed by atoms with Crippen LogP contribution in [0.1, 0.15) is 25.3 Å². The topological polar surface area (TPSA) is 58.4 Å². The molecule has 1 aromatic rings. The summed E-state index contributed by atoms with van der Waals surface area (Å²) in [6.45, 7) is 3.86. The van der Waals surface area contributed by atoms with Crippen LogP contribution in [-0.4, -0.2) is 29.9 Å². The molecule has 2 rings (SSSR count). The summed E-state index contributed by atoms with van der Waals surface area (Å²) >= 11 is 0. The Labute approximate surface area is 108 Å². The molecule has 0 heterocycles. The van der Waals surface area contributed by atoms with Crippen molar-refractivity contribution in [1.29, 1.82) is 0 Å². The fourth-order valence-corrected chi connectivity index (χ4v) is 2.01. The summed E-state index contributed by atoms with van der Waals surface area (Å²) in [6, 6.07) is 6.04. The van der Waals surface area contributed by atoms with Crippen molar-refractivity contribution in [3.63, 3.8) is 0 Å². The van der Waals surface area contributed by atoms with Crippen molar-refractivity contribution in [2.24, 2.45) is 0 Å². The Morgan fingerprint density at radius 3 is 2.78 bits per heavy atom. The second-order valence-electron chi connectivity index (χ2n) is 5.08. The van der Waals surface area contributed by atoms with E-state index in [1.807, 2.05) is 39.1 Å². The van der Waals surface area contributed by atoms with Crippen molar-refractivity contribution in [3.8, 4) is 0 Å². The van der Waals surface area contributed by atoms with Gasteiger partial charge in [0, 0.05) is 17.4 Å². The van der Waals surface area contributed by atoms with Crippen molar-refractivity contribution < 1.29 is 4.79 Å². The third-order valence-corrected chi connectivity index (χ3v) is 3.75. The number of nitrogens with two attached hydrogens (primary N) is 1. The lowest BCUT2D eigenvalue weighted by atomic mass is 10.1. The number of hydrogen-bond acceptors (Lipinski definition) is 3. The molecule has 0 spiro atoms. The first-order valence-corrected chi connectivity index (χ1v) is 6.38. The van der Waals surface area contributed by atoms with Gasteiger partial charge in [0.15, 0.2) is 0 Å². The first kappa shape index (κ1) is 12.9. The Kier molecular flexibility index (Phi) is 3.57. The summed E-state index contributed by atoms with van der Waals surface area (Å²) in [7, 11) is 2.01. The number of nitrogen functional groups attached to an aromatic ring is 1. The van der Waals surface area contributed by atoms with Gasteiger partial charge in [0.2, 0.25) is 5.91 Å². The Balaban J connectivity index is 2.04. The quantitative estimate of drug-likeness (QED) is 0.800. The van der Waals surface area contributed by atoms with Gasteiger partial charge in [0.05, 0.1) is 6.04 Å². The third kappa shape index (κ3) is 2.64. The lowest BCUT2D eigenvalue weighted by Crippen LogP contribution is -2.40. The van der Waals surface area contributed by atoms with Gasteiger partial charge in [-0.2, -0.15) is 0 Å². The zero-order valence-corrected chi connectivity index (χ0v) is 11.2. The Hall–Kier alpha value is -1.55. The molecule has 3 N–H and O–H groups in total. The number of benzene rings is 1. The molecule has 0 radical (unpaired) electrons. The smallest absolute Gasteiger partial charge is 0.241 e. The summed E-state index contributed by atoms with van der Waals surface area (Å²) in [6.07, 6.45) is 2.40. The number of carbonyl (C=O) groups is 1. The standard InChI is InChI=1S/C14H21N3O/c1-9-12(15)5-4-6-13(9)16-14(18)10(2)17(3)11-7-8-11/h4-6,10-11H,7-8,15H2,1-3H3,(H,16,18). The van der Waals surface area contributed by atoms with Gasteiger partial charge >= 0.3 is 0 Å². The zero-order valence-electron chi connectivity index (χ0n) is 11.2. The van der Waals surface area contributed by atoms with E-state index in [2.05, 4.69) is 10.2 Å². The van der Waals surface area contributed by atoms with Gasteiger partial charge in [-0.3, -0.25) is 9.69 Å². The first-order valence-electron chi connectivity index (χ1n) is 6.38. The molecule has 18 heavy (non-hydrogen) atoms. The highest BCUT2D eigenvalue weighted by atomic mass is 16.2. The molecule has 1 saturated carbocycles. The largest absolute Gasteiger partial charge is 0.398 e. The van der Waals surface area contributed by atoms with E-state index < -0.39 is 0 Å². The van der Waals surface area contributed by atoms with Crippen LogP contribution in [0.4, 0.5) is 11.4 Å². The summed E-state index contributed by atoms with van der Waals surface area (Å²) in [5, 5.41) is 2.95. The molecule has 1 aliphatic rings. The second kappa shape index (κ2) is 4.98. The minimum absolute atomic E-state index is 0.0260. The third-order valence-electron chi connectivity index (χ3n) is 3.75. The van der Waals surface area contributed by atoms with E-state index in [0.29, 0.717) is 11.7 Å². The predicted octanol–water partition coefficient (Wildman–Crippen LogP) is 2.00. The molecule has 1 aromatic carbocycles. The summed E-state index contributed by atoms with van der Waals surface area (Å²) < 4.78 is 0. The van der Waals surface area contributed by atoms with Crippen molar-refractivity contribution >= 4 is 17.3 Å². The van der Waals surface area contributed by atoms with E-state index in [9.17, 15) is 4.79 Å². The summed E-state index contributed by atoms with van der Waals surface area (Å²) in [5.41, 5.74) is 8.26. The number of amides is 1. The second-order valence-corrected chi connectivity index (χ2v) is 5.08. The molecule has 0 bridgehead atoms. The summed E-state index contributed by atoms with van der Waals surface area (Å²) in [5.74, 6) is 0.0260. The van der Waals surface area contributed by atoms with Crippen LogP contribution in [0, 0.1) is 6.92 Å². The maximum atomic E-state index is 12.2. The van der Waals surface area contributed by atoms with E-state index in [0.717, 1.165) is 11.3 Å². The highest BCUT2D eigenvalue weighted by Gasteiger charge is 2.32. The Bertz CT molecular complexity index is 454. The van der Waals surface area contributed by atoms with E-state index >= 15 is 0 Å². The molecule has 1 unspecified atom stereocenters. The van der Waals surface area contributed by atoms with Gasteiger partial charge in [-0.15, -0.1) is 0 Å². The van der Waals surface area contributed by atoms with Gasteiger partial charge in [-0.1, -0.05) is 6.07 Å². The van der Waals surface area contributed by atoms with E-state index in [-0.39, 0.29) is 11.9 Å². The molecule has 98 valence electrons. The average Bonchev–Trinajstić information content (AvgIpc) is 3.17. The number of anilines is 2. The molecule has 1 aliphatic carbocycles. The van der Waals surface area contributed by atoms with Crippen LogP contribution < -0.4 is 11.1 Å². The van der Waals surface area contributed by atoms with Crippen LogP contribution in [0.2, 0.25) is 0 Å².